The molecule has 1 aliphatic rings. The van der Waals surface area contributed by atoms with Crippen molar-refractivity contribution in [2.24, 2.45) is 0 Å². The Bertz CT molecular complexity index is 542. The Hall–Kier alpha value is -2.02. The maximum absolute atomic E-state index is 2.45. The summed E-state index contributed by atoms with van der Waals surface area (Å²) in [6.45, 7) is 3.22. The van der Waals surface area contributed by atoms with E-state index in [1.807, 2.05) is 0 Å². The Kier molecular flexibility index (Phi) is 2.89. The molecule has 0 bridgehead atoms. The molecule has 2 aromatic carbocycles. The summed E-state index contributed by atoms with van der Waals surface area (Å²) in [4.78, 5) is 2.45. The van der Waals surface area contributed by atoms with Gasteiger partial charge in [-0.15, -0.1) is 0 Å². The van der Waals surface area contributed by atoms with Gasteiger partial charge in [-0.3, -0.25) is 0 Å². The Morgan fingerprint density at radius 3 is 2.17 bits per heavy atom. The van der Waals surface area contributed by atoms with E-state index in [4.69, 9.17) is 0 Å². The van der Waals surface area contributed by atoms with E-state index >= 15 is 0 Å². The zero-order valence-electron chi connectivity index (χ0n) is 10.6. The Morgan fingerprint density at radius 1 is 0.889 bits per heavy atom. The molecule has 0 aliphatic carbocycles. The van der Waals surface area contributed by atoms with Crippen LogP contribution in [0.15, 0.2) is 72.3 Å². The van der Waals surface area contributed by atoms with E-state index in [-0.39, 0.29) is 0 Å². The van der Waals surface area contributed by atoms with Crippen molar-refractivity contribution in [2.45, 2.75) is 13.0 Å². The normalized spacial score (nSPS) is 18.8. The molecule has 1 nitrogen and oxygen atoms in total. The van der Waals surface area contributed by atoms with Crippen LogP contribution < -0.4 is 4.90 Å². The zero-order valence-corrected chi connectivity index (χ0v) is 10.6. The number of rotatable bonds is 2. The first kappa shape index (κ1) is 11.1. The summed E-state index contributed by atoms with van der Waals surface area (Å²) >= 11 is 0. The number of nitrogens with zero attached hydrogens (tertiary/aromatic N) is 1. The van der Waals surface area contributed by atoms with Crippen LogP contribution in [0, 0.1) is 0 Å². The summed E-state index contributed by atoms with van der Waals surface area (Å²) in [5, 5.41) is 0. The van der Waals surface area contributed by atoms with Crippen molar-refractivity contribution >= 4 is 5.69 Å². The third-order valence-electron chi connectivity index (χ3n) is 3.56. The van der Waals surface area contributed by atoms with E-state index < -0.39 is 0 Å². The second-order valence-corrected chi connectivity index (χ2v) is 4.75. The first-order valence-corrected chi connectivity index (χ1v) is 6.39. The predicted molar refractivity (Wildman–Crippen MR) is 76.7 cm³/mol. The molecule has 90 valence electrons. The number of hydrogen-bond donors (Lipinski definition) is 0. The largest absolute Gasteiger partial charge is 0.357 e. The highest BCUT2D eigenvalue weighted by Crippen LogP contribution is 2.36. The van der Waals surface area contributed by atoms with Crippen molar-refractivity contribution in [1.82, 2.24) is 0 Å². The standard InChI is InChI=1S/C17H17N/c1-14-12-13-18(16-10-6-3-7-11-16)17(14)15-8-4-2-5-9-15/h2-12,17H,13H2,1H3. The van der Waals surface area contributed by atoms with Crippen LogP contribution in [0.3, 0.4) is 0 Å². The molecule has 1 unspecified atom stereocenters. The highest BCUT2D eigenvalue weighted by Gasteiger charge is 2.25. The van der Waals surface area contributed by atoms with Crippen molar-refractivity contribution < 1.29 is 0 Å². The van der Waals surface area contributed by atoms with E-state index in [1.165, 1.54) is 16.8 Å². The van der Waals surface area contributed by atoms with Gasteiger partial charge in [-0.2, -0.15) is 0 Å². The van der Waals surface area contributed by atoms with E-state index in [0.717, 1.165) is 6.54 Å². The number of para-hydroxylation sites is 1. The van der Waals surface area contributed by atoms with E-state index in [1.54, 1.807) is 0 Å². The van der Waals surface area contributed by atoms with Gasteiger partial charge in [0.25, 0.3) is 0 Å². The van der Waals surface area contributed by atoms with Crippen molar-refractivity contribution in [3.63, 3.8) is 0 Å². The minimum atomic E-state index is 0.383. The van der Waals surface area contributed by atoms with Gasteiger partial charge in [0.2, 0.25) is 0 Å². The van der Waals surface area contributed by atoms with Gasteiger partial charge < -0.3 is 4.90 Å². The predicted octanol–water partition coefficient (Wildman–Crippen LogP) is 4.19. The Morgan fingerprint density at radius 2 is 1.50 bits per heavy atom. The molecule has 1 heterocycles. The number of hydrogen-bond acceptors (Lipinski definition) is 1. The summed E-state index contributed by atoms with van der Waals surface area (Å²) < 4.78 is 0. The molecule has 1 heteroatoms. The monoisotopic (exact) mass is 235 g/mol. The molecule has 0 amide bonds. The number of benzene rings is 2. The molecule has 0 aromatic heterocycles. The molecule has 0 saturated heterocycles. The fourth-order valence-corrected chi connectivity index (χ4v) is 2.66. The van der Waals surface area contributed by atoms with Crippen molar-refractivity contribution in [1.29, 1.82) is 0 Å². The van der Waals surface area contributed by atoms with Crippen LogP contribution in [0.25, 0.3) is 0 Å². The second kappa shape index (κ2) is 4.69. The fraction of sp³-hybridized carbons (Fsp3) is 0.176. The minimum Gasteiger partial charge on any atom is -0.357 e. The van der Waals surface area contributed by atoms with Crippen molar-refractivity contribution in [3.8, 4) is 0 Å². The molecule has 3 rings (SSSR count). The van der Waals surface area contributed by atoms with Crippen LogP contribution >= 0.6 is 0 Å². The Labute approximate surface area is 108 Å². The second-order valence-electron chi connectivity index (χ2n) is 4.75. The highest BCUT2D eigenvalue weighted by atomic mass is 15.2. The van der Waals surface area contributed by atoms with E-state index in [0.29, 0.717) is 6.04 Å². The average Bonchev–Trinajstić information content (AvgIpc) is 2.83. The molecule has 1 aliphatic heterocycles. The van der Waals surface area contributed by atoms with Gasteiger partial charge in [-0.05, 0) is 30.2 Å². The third-order valence-corrected chi connectivity index (χ3v) is 3.56. The van der Waals surface area contributed by atoms with Crippen molar-refractivity contribution in [2.75, 3.05) is 11.4 Å². The fourth-order valence-electron chi connectivity index (χ4n) is 2.66. The lowest BCUT2D eigenvalue weighted by atomic mass is 10.0. The SMILES string of the molecule is CC1=CCN(c2ccccc2)C1c1ccccc1. The molecule has 1 atom stereocenters. The van der Waals surface area contributed by atoms with Gasteiger partial charge in [0.1, 0.15) is 0 Å². The lowest BCUT2D eigenvalue weighted by molar-refractivity contribution is 0.782. The Balaban J connectivity index is 1.98. The van der Waals surface area contributed by atoms with Crippen LogP contribution in [-0.4, -0.2) is 6.54 Å². The summed E-state index contributed by atoms with van der Waals surface area (Å²) in [6, 6.07) is 21.7. The van der Waals surface area contributed by atoms with Crippen LogP contribution in [-0.2, 0) is 0 Å². The van der Waals surface area contributed by atoms with Crippen LogP contribution in [0.2, 0.25) is 0 Å². The molecule has 0 fully saturated rings. The average molecular weight is 235 g/mol. The molecular formula is C17H17N. The van der Waals surface area contributed by atoms with E-state index in [2.05, 4.69) is 78.6 Å². The molecule has 2 aromatic rings. The van der Waals surface area contributed by atoms with Crippen molar-refractivity contribution in [3.05, 3.63) is 77.9 Å². The lowest BCUT2D eigenvalue weighted by Crippen LogP contribution is -2.24. The maximum Gasteiger partial charge on any atom is 0.0757 e. The number of anilines is 1. The quantitative estimate of drug-likeness (QED) is 0.705. The van der Waals surface area contributed by atoms with Gasteiger partial charge in [0.05, 0.1) is 6.04 Å². The summed E-state index contributed by atoms with van der Waals surface area (Å²) in [7, 11) is 0. The van der Waals surface area contributed by atoms with Gasteiger partial charge in [-0.25, -0.2) is 0 Å². The molecule has 0 N–H and O–H groups in total. The maximum atomic E-state index is 2.45. The van der Waals surface area contributed by atoms with E-state index in [9.17, 15) is 0 Å². The van der Waals surface area contributed by atoms with Crippen LogP contribution in [0.5, 0.6) is 0 Å². The van der Waals surface area contributed by atoms with Crippen LogP contribution in [0.4, 0.5) is 5.69 Å². The van der Waals surface area contributed by atoms with Gasteiger partial charge in [-0.1, -0.05) is 54.6 Å². The van der Waals surface area contributed by atoms with Gasteiger partial charge >= 0.3 is 0 Å². The zero-order chi connectivity index (χ0) is 12.4. The summed E-state index contributed by atoms with van der Waals surface area (Å²) in [5.74, 6) is 0. The minimum absolute atomic E-state index is 0.383. The molecule has 0 radical (unpaired) electrons. The van der Waals surface area contributed by atoms with Crippen LogP contribution in [0.1, 0.15) is 18.5 Å². The summed E-state index contributed by atoms with van der Waals surface area (Å²) in [6.07, 6.45) is 2.32. The summed E-state index contributed by atoms with van der Waals surface area (Å²) in [5.41, 5.74) is 4.09. The molecule has 0 spiro atoms. The smallest absolute Gasteiger partial charge is 0.0757 e. The molecule has 0 saturated carbocycles. The topological polar surface area (TPSA) is 3.24 Å². The lowest BCUT2D eigenvalue weighted by Gasteiger charge is -2.29. The van der Waals surface area contributed by atoms with Gasteiger partial charge in [0, 0.05) is 12.2 Å². The molecule has 18 heavy (non-hydrogen) atoms. The highest BCUT2D eigenvalue weighted by molar-refractivity contribution is 5.54. The molecular weight excluding hydrogens is 218 g/mol. The first-order valence-electron chi connectivity index (χ1n) is 6.39. The van der Waals surface area contributed by atoms with Gasteiger partial charge in [0.15, 0.2) is 0 Å². The first-order chi connectivity index (χ1) is 8.86. The third kappa shape index (κ3) is 1.92.